The Hall–Kier alpha value is -1.53. The Labute approximate surface area is 146 Å². The third-order valence-corrected chi connectivity index (χ3v) is 4.68. The molecule has 0 fully saturated rings. The number of carbonyl (C=O) groups excluding carboxylic acids is 1. The second kappa shape index (κ2) is 7.84. The molecule has 124 valence electrons. The second-order valence-electron chi connectivity index (χ2n) is 5.37. The molecule has 0 aliphatic carbocycles. The van der Waals surface area contributed by atoms with Crippen molar-refractivity contribution in [3.05, 3.63) is 35.9 Å². The number of anilines is 1. The Kier molecular flexibility index (Phi) is 6.07. The van der Waals surface area contributed by atoms with Crippen LogP contribution < -0.4 is 4.90 Å². The van der Waals surface area contributed by atoms with Crippen molar-refractivity contribution in [1.29, 1.82) is 0 Å². The van der Waals surface area contributed by atoms with Gasteiger partial charge >= 0.3 is 0 Å². The van der Waals surface area contributed by atoms with Crippen LogP contribution in [0.25, 0.3) is 5.69 Å². The summed E-state index contributed by atoms with van der Waals surface area (Å²) in [5.41, 5.74) is 1.42. The molecule has 0 radical (unpaired) electrons. The van der Waals surface area contributed by atoms with Crippen LogP contribution in [0.4, 0.5) is 5.69 Å². The van der Waals surface area contributed by atoms with Gasteiger partial charge in [-0.15, -0.1) is 11.8 Å². The van der Waals surface area contributed by atoms with Crippen molar-refractivity contribution in [3.63, 3.8) is 0 Å². The van der Waals surface area contributed by atoms with Crippen molar-refractivity contribution in [2.24, 2.45) is 0 Å². The molecule has 1 atom stereocenters. The van der Waals surface area contributed by atoms with Gasteiger partial charge in [0.1, 0.15) is 5.69 Å². The molecule has 2 heterocycles. The van der Waals surface area contributed by atoms with E-state index in [1.807, 2.05) is 26.0 Å². The van der Waals surface area contributed by atoms with Crippen LogP contribution in [0, 0.1) is 0 Å². The van der Waals surface area contributed by atoms with Gasteiger partial charge in [-0.25, -0.2) is 4.68 Å². The van der Waals surface area contributed by atoms with Crippen LogP contribution in [-0.4, -0.2) is 37.7 Å². The molecule has 0 saturated heterocycles. The number of rotatable bonds is 6. The van der Waals surface area contributed by atoms with Gasteiger partial charge < -0.3 is 4.90 Å². The van der Waals surface area contributed by atoms with Crippen molar-refractivity contribution >= 4 is 35.0 Å². The number of halogens is 1. The zero-order chi connectivity index (χ0) is 17.0. The van der Waals surface area contributed by atoms with E-state index in [4.69, 9.17) is 11.6 Å². The van der Waals surface area contributed by atoms with E-state index in [0.29, 0.717) is 22.6 Å². The quantitative estimate of drug-likeness (QED) is 0.793. The molecule has 0 aliphatic rings. The van der Waals surface area contributed by atoms with Crippen molar-refractivity contribution in [1.82, 2.24) is 14.8 Å². The van der Waals surface area contributed by atoms with Gasteiger partial charge in [0, 0.05) is 12.7 Å². The van der Waals surface area contributed by atoms with Gasteiger partial charge in [-0.2, -0.15) is 5.10 Å². The van der Waals surface area contributed by atoms with Crippen LogP contribution in [0.3, 0.4) is 0 Å². The number of hydrogen-bond acceptors (Lipinski definition) is 4. The molecule has 0 aromatic carbocycles. The minimum atomic E-state index is -0.132. The third kappa shape index (κ3) is 4.26. The smallest absolute Gasteiger partial charge is 0.239 e. The summed E-state index contributed by atoms with van der Waals surface area (Å²) in [5, 5.41) is 4.86. The van der Waals surface area contributed by atoms with Crippen LogP contribution >= 0.6 is 23.4 Å². The highest BCUT2D eigenvalue weighted by Gasteiger charge is 2.25. The summed E-state index contributed by atoms with van der Waals surface area (Å²) in [6.07, 6.45) is 5.16. The van der Waals surface area contributed by atoms with Crippen LogP contribution in [0.2, 0.25) is 5.15 Å². The third-order valence-electron chi connectivity index (χ3n) is 3.26. The Morgan fingerprint density at radius 3 is 2.74 bits per heavy atom. The van der Waals surface area contributed by atoms with Crippen LogP contribution in [0.1, 0.15) is 27.7 Å². The molecule has 2 aromatic rings. The molecule has 23 heavy (non-hydrogen) atoms. The highest BCUT2D eigenvalue weighted by atomic mass is 35.5. The first-order chi connectivity index (χ1) is 10.9. The van der Waals surface area contributed by atoms with Crippen molar-refractivity contribution in [2.45, 2.75) is 38.2 Å². The zero-order valence-electron chi connectivity index (χ0n) is 13.7. The molecular formula is C16H21ClN4OS. The maximum absolute atomic E-state index is 12.7. The van der Waals surface area contributed by atoms with Crippen molar-refractivity contribution < 1.29 is 4.79 Å². The molecule has 2 rings (SSSR count). The van der Waals surface area contributed by atoms with E-state index < -0.39 is 0 Å². The number of hydrogen-bond donors (Lipinski definition) is 0. The van der Waals surface area contributed by atoms with Gasteiger partial charge in [0.15, 0.2) is 5.15 Å². The molecule has 0 saturated carbocycles. The fourth-order valence-corrected chi connectivity index (χ4v) is 3.57. The van der Waals surface area contributed by atoms with Gasteiger partial charge in [-0.05, 0) is 31.2 Å². The molecule has 0 bridgehead atoms. The van der Waals surface area contributed by atoms with Gasteiger partial charge in [0.05, 0.1) is 23.3 Å². The number of thioether (sulfide) groups is 1. The highest BCUT2D eigenvalue weighted by molar-refractivity contribution is 8.01. The minimum absolute atomic E-state index is 0.0406. The number of nitrogens with zero attached hydrogens (tertiary/aromatic N) is 4. The molecule has 5 nitrogen and oxygen atoms in total. The van der Waals surface area contributed by atoms with Gasteiger partial charge in [0.25, 0.3) is 0 Å². The Bertz CT molecular complexity index is 659. The summed E-state index contributed by atoms with van der Waals surface area (Å²) in [6, 6.07) is 3.71. The molecule has 0 N–H and O–H groups in total. The van der Waals surface area contributed by atoms with E-state index in [1.165, 1.54) is 0 Å². The first-order valence-corrected chi connectivity index (χ1v) is 8.88. The van der Waals surface area contributed by atoms with Crippen molar-refractivity contribution in [3.8, 4) is 5.69 Å². The fraction of sp³-hybridized carbons (Fsp3) is 0.438. The number of carbonyl (C=O) groups is 1. The minimum Gasteiger partial charge on any atom is -0.308 e. The Balaban J connectivity index is 2.28. The topological polar surface area (TPSA) is 51.0 Å². The van der Waals surface area contributed by atoms with Crippen LogP contribution in [0.15, 0.2) is 30.7 Å². The van der Waals surface area contributed by atoms with Gasteiger partial charge in [0.2, 0.25) is 5.91 Å². The lowest BCUT2D eigenvalue weighted by Gasteiger charge is -2.24. The summed E-state index contributed by atoms with van der Waals surface area (Å²) < 4.78 is 1.64. The van der Waals surface area contributed by atoms with E-state index in [-0.39, 0.29) is 11.2 Å². The molecule has 1 amide bonds. The molecular weight excluding hydrogens is 332 g/mol. The maximum atomic E-state index is 12.7. The lowest BCUT2D eigenvalue weighted by molar-refractivity contribution is -0.117. The van der Waals surface area contributed by atoms with Crippen LogP contribution in [0.5, 0.6) is 0 Å². The molecule has 2 aromatic heterocycles. The summed E-state index contributed by atoms with van der Waals surface area (Å²) in [7, 11) is 0. The van der Waals surface area contributed by atoms with E-state index in [1.54, 1.807) is 39.9 Å². The Morgan fingerprint density at radius 2 is 2.17 bits per heavy atom. The molecule has 0 aliphatic heterocycles. The summed E-state index contributed by atoms with van der Waals surface area (Å²) >= 11 is 7.91. The molecule has 0 spiro atoms. The summed E-state index contributed by atoms with van der Waals surface area (Å²) in [5.74, 6) is 0.0406. The van der Waals surface area contributed by atoms with Gasteiger partial charge in [-0.1, -0.05) is 25.4 Å². The van der Waals surface area contributed by atoms with Crippen LogP contribution in [-0.2, 0) is 4.79 Å². The fourth-order valence-electron chi connectivity index (χ4n) is 2.28. The lowest BCUT2D eigenvalue weighted by atomic mass is 10.3. The Morgan fingerprint density at radius 1 is 1.43 bits per heavy atom. The summed E-state index contributed by atoms with van der Waals surface area (Å²) in [4.78, 5) is 18.5. The first kappa shape index (κ1) is 17.8. The largest absolute Gasteiger partial charge is 0.308 e. The molecule has 1 unspecified atom stereocenters. The van der Waals surface area contributed by atoms with Crippen molar-refractivity contribution in [2.75, 3.05) is 11.4 Å². The SMILES string of the molecule is CCN(C(=O)C(C)SC(C)C)c1cn(-c2cccnc2)nc1Cl. The average Bonchev–Trinajstić information content (AvgIpc) is 2.90. The van der Waals surface area contributed by atoms with E-state index in [2.05, 4.69) is 23.9 Å². The van der Waals surface area contributed by atoms with Gasteiger partial charge in [-0.3, -0.25) is 9.78 Å². The van der Waals surface area contributed by atoms with E-state index in [0.717, 1.165) is 5.69 Å². The number of pyridine rings is 1. The lowest BCUT2D eigenvalue weighted by Crippen LogP contribution is -2.37. The summed E-state index contributed by atoms with van der Waals surface area (Å²) in [6.45, 7) is 8.56. The number of amides is 1. The predicted molar refractivity (Wildman–Crippen MR) is 96.6 cm³/mol. The maximum Gasteiger partial charge on any atom is 0.239 e. The second-order valence-corrected chi connectivity index (χ2v) is 7.65. The average molecular weight is 353 g/mol. The standard InChI is InChI=1S/C16H21ClN4OS/c1-5-20(16(22)12(4)23-11(2)3)14-10-21(19-15(14)17)13-7-6-8-18-9-13/h6-12H,5H2,1-4H3. The normalized spacial score (nSPS) is 12.4. The highest BCUT2D eigenvalue weighted by Crippen LogP contribution is 2.28. The molecule has 7 heteroatoms. The predicted octanol–water partition coefficient (Wildman–Crippen LogP) is 3.80. The van der Waals surface area contributed by atoms with E-state index >= 15 is 0 Å². The number of aromatic nitrogens is 3. The van der Waals surface area contributed by atoms with E-state index in [9.17, 15) is 4.79 Å². The first-order valence-electron chi connectivity index (χ1n) is 7.56. The monoisotopic (exact) mass is 352 g/mol. The zero-order valence-corrected chi connectivity index (χ0v) is 15.3.